The van der Waals surface area contributed by atoms with E-state index < -0.39 is 30.1 Å². The molecule has 3 N–H and O–H groups in total. The van der Waals surface area contributed by atoms with Crippen LogP contribution in [0.15, 0.2) is 64.4 Å². The van der Waals surface area contributed by atoms with E-state index in [1.807, 2.05) is 18.2 Å². The van der Waals surface area contributed by atoms with Crippen LogP contribution < -0.4 is 10.9 Å². The molecule has 0 aliphatic carbocycles. The summed E-state index contributed by atoms with van der Waals surface area (Å²) in [6, 6.07) is 14.1. The largest absolute Gasteiger partial charge is 0.480 e. The average molecular weight is 483 g/mol. The monoisotopic (exact) mass is 482 g/mol. The van der Waals surface area contributed by atoms with Gasteiger partial charge in [-0.1, -0.05) is 60.4 Å². The summed E-state index contributed by atoms with van der Waals surface area (Å²) in [7, 11) is 0. The molecule has 3 aromatic rings. The van der Waals surface area contributed by atoms with Crippen molar-refractivity contribution in [3.05, 3.63) is 81.1 Å². The normalized spacial score (nSPS) is 15.9. The number of aliphatic carboxylic acids is 1. The Bertz CT molecular complexity index is 1340. The molecule has 0 unspecified atom stereocenters. The van der Waals surface area contributed by atoms with Crippen molar-refractivity contribution in [3.8, 4) is 0 Å². The van der Waals surface area contributed by atoms with Crippen molar-refractivity contribution >= 4 is 57.7 Å². The van der Waals surface area contributed by atoms with Crippen LogP contribution in [-0.4, -0.2) is 53.8 Å². The lowest BCUT2D eigenvalue weighted by molar-refractivity contribution is -0.140. The van der Waals surface area contributed by atoms with Gasteiger partial charge in [0.05, 0.1) is 16.6 Å². The number of benzene rings is 1. The van der Waals surface area contributed by atoms with Crippen molar-refractivity contribution in [3.63, 3.8) is 0 Å². The van der Waals surface area contributed by atoms with Crippen LogP contribution in [0.1, 0.15) is 17.2 Å². The van der Waals surface area contributed by atoms with Gasteiger partial charge in [-0.05, 0) is 23.8 Å². The summed E-state index contributed by atoms with van der Waals surface area (Å²) in [5.41, 5.74) is 0.740. The first-order chi connectivity index (χ1) is 15.8. The number of anilines is 1. The van der Waals surface area contributed by atoms with Gasteiger partial charge in [0.2, 0.25) is 0 Å². The first kappa shape index (κ1) is 22.6. The standard InChI is InChI=1S/C22H18N4O5S2/c27-15(13-6-2-1-3-7-13)11-23-19-14(20(30)25-9-5-4-8-17(25)24-19)10-16-21(31)26(12-18(28)29)22(32)33-16/h1-10,15,23,27H,11-12H2,(H,28,29)/b16-10-/t15-/m1/s1. The number of carboxylic acids is 1. The first-order valence-corrected chi connectivity index (χ1v) is 11.0. The van der Waals surface area contributed by atoms with Gasteiger partial charge in [0.1, 0.15) is 22.3 Å². The van der Waals surface area contributed by atoms with Crippen LogP contribution in [-0.2, 0) is 9.59 Å². The molecule has 11 heteroatoms. The van der Waals surface area contributed by atoms with E-state index in [0.29, 0.717) is 11.2 Å². The SMILES string of the molecule is O=C(O)CN1C(=O)/C(=C/c2c(NC[C@@H](O)c3ccccc3)nc3ccccn3c2=O)SC1=S. The predicted molar refractivity (Wildman–Crippen MR) is 129 cm³/mol. The van der Waals surface area contributed by atoms with Crippen molar-refractivity contribution in [2.75, 3.05) is 18.4 Å². The Morgan fingerprint density at radius 3 is 2.64 bits per heavy atom. The Morgan fingerprint density at radius 1 is 1.18 bits per heavy atom. The summed E-state index contributed by atoms with van der Waals surface area (Å²) in [5, 5.41) is 22.5. The van der Waals surface area contributed by atoms with E-state index in [4.69, 9.17) is 17.3 Å². The van der Waals surface area contributed by atoms with Crippen LogP contribution in [0.5, 0.6) is 0 Å². The number of amides is 1. The van der Waals surface area contributed by atoms with E-state index in [0.717, 1.165) is 16.7 Å². The molecule has 1 atom stereocenters. The minimum Gasteiger partial charge on any atom is -0.480 e. The van der Waals surface area contributed by atoms with Gasteiger partial charge in [0, 0.05) is 12.7 Å². The number of nitrogens with zero attached hydrogens (tertiary/aromatic N) is 3. The van der Waals surface area contributed by atoms with E-state index in [1.165, 1.54) is 10.5 Å². The van der Waals surface area contributed by atoms with Gasteiger partial charge in [-0.3, -0.25) is 23.7 Å². The highest BCUT2D eigenvalue weighted by Gasteiger charge is 2.34. The lowest BCUT2D eigenvalue weighted by Crippen LogP contribution is -2.33. The molecule has 3 heterocycles. The predicted octanol–water partition coefficient (Wildman–Crippen LogP) is 2.13. The van der Waals surface area contributed by atoms with Gasteiger partial charge in [0.15, 0.2) is 0 Å². The van der Waals surface area contributed by atoms with Crippen LogP contribution in [0, 0.1) is 0 Å². The minimum atomic E-state index is -1.20. The lowest BCUT2D eigenvalue weighted by Gasteiger charge is -2.15. The van der Waals surface area contributed by atoms with Gasteiger partial charge in [-0.15, -0.1) is 0 Å². The fraction of sp³-hybridized carbons (Fsp3) is 0.136. The second kappa shape index (κ2) is 9.53. The Hall–Kier alpha value is -3.54. The van der Waals surface area contributed by atoms with Crippen molar-refractivity contribution in [1.29, 1.82) is 0 Å². The summed E-state index contributed by atoms with van der Waals surface area (Å²) >= 11 is 6.04. The van der Waals surface area contributed by atoms with Crippen LogP contribution in [0.2, 0.25) is 0 Å². The number of rotatable bonds is 7. The van der Waals surface area contributed by atoms with Crippen molar-refractivity contribution in [2.24, 2.45) is 0 Å². The van der Waals surface area contributed by atoms with Crippen molar-refractivity contribution in [2.45, 2.75) is 6.10 Å². The van der Waals surface area contributed by atoms with Gasteiger partial charge in [-0.2, -0.15) is 0 Å². The smallest absolute Gasteiger partial charge is 0.323 e. The number of carboxylic acid groups (broad SMARTS) is 1. The molecule has 1 saturated heterocycles. The highest BCUT2D eigenvalue weighted by molar-refractivity contribution is 8.26. The molecule has 1 fully saturated rings. The minimum absolute atomic E-state index is 0.0697. The zero-order valence-electron chi connectivity index (χ0n) is 17.0. The molecule has 0 radical (unpaired) electrons. The van der Waals surface area contributed by atoms with E-state index >= 15 is 0 Å². The molecular formula is C22H18N4O5S2. The number of hydrogen-bond donors (Lipinski definition) is 3. The number of aliphatic hydroxyl groups is 1. The third-order valence-electron chi connectivity index (χ3n) is 4.86. The van der Waals surface area contributed by atoms with E-state index in [2.05, 4.69) is 10.3 Å². The highest BCUT2D eigenvalue weighted by atomic mass is 32.2. The fourth-order valence-corrected chi connectivity index (χ4v) is 4.49. The number of hydrogen-bond acceptors (Lipinski definition) is 8. The summed E-state index contributed by atoms with van der Waals surface area (Å²) in [5.74, 6) is -1.61. The molecular weight excluding hydrogens is 464 g/mol. The van der Waals surface area contributed by atoms with Crippen LogP contribution in [0.25, 0.3) is 11.7 Å². The quantitative estimate of drug-likeness (QED) is 0.343. The Labute approximate surface area is 197 Å². The molecule has 168 valence electrons. The zero-order valence-corrected chi connectivity index (χ0v) is 18.7. The second-order valence-electron chi connectivity index (χ2n) is 7.08. The third-order valence-corrected chi connectivity index (χ3v) is 6.24. The Morgan fingerprint density at radius 2 is 1.91 bits per heavy atom. The molecule has 1 amide bonds. The molecule has 9 nitrogen and oxygen atoms in total. The third kappa shape index (κ3) is 4.80. The molecule has 0 spiro atoms. The van der Waals surface area contributed by atoms with Crippen LogP contribution in [0.3, 0.4) is 0 Å². The number of thiocarbonyl (C=S) groups is 1. The molecule has 0 bridgehead atoms. The van der Waals surface area contributed by atoms with Gasteiger partial charge in [-0.25, -0.2) is 4.98 Å². The highest BCUT2D eigenvalue weighted by Crippen LogP contribution is 2.33. The topological polar surface area (TPSA) is 124 Å². The molecule has 4 rings (SSSR count). The number of nitrogens with one attached hydrogen (secondary N) is 1. The molecule has 1 aliphatic heterocycles. The summed E-state index contributed by atoms with van der Waals surface area (Å²) < 4.78 is 1.43. The van der Waals surface area contributed by atoms with Crippen LogP contribution in [0.4, 0.5) is 5.82 Å². The van der Waals surface area contributed by atoms with Gasteiger partial charge in [0.25, 0.3) is 11.5 Å². The van der Waals surface area contributed by atoms with Gasteiger partial charge < -0.3 is 15.5 Å². The second-order valence-corrected chi connectivity index (χ2v) is 8.75. The number of carbonyl (C=O) groups excluding carboxylic acids is 1. The zero-order chi connectivity index (χ0) is 23.5. The number of fused-ring (bicyclic) bond motifs is 1. The number of thioether (sulfide) groups is 1. The van der Waals surface area contributed by atoms with E-state index in [9.17, 15) is 19.5 Å². The fourth-order valence-electron chi connectivity index (χ4n) is 3.26. The maximum Gasteiger partial charge on any atom is 0.323 e. The maximum absolute atomic E-state index is 13.2. The molecule has 33 heavy (non-hydrogen) atoms. The average Bonchev–Trinajstić information content (AvgIpc) is 3.07. The number of pyridine rings is 1. The van der Waals surface area contributed by atoms with E-state index in [-0.39, 0.29) is 27.2 Å². The summed E-state index contributed by atoms with van der Waals surface area (Å²) in [6.45, 7) is -0.494. The number of aromatic nitrogens is 2. The Kier molecular flexibility index (Phi) is 6.54. The lowest BCUT2D eigenvalue weighted by atomic mass is 10.1. The van der Waals surface area contributed by atoms with Crippen LogP contribution >= 0.6 is 24.0 Å². The number of carbonyl (C=O) groups is 2. The molecule has 1 aliphatic rings. The molecule has 2 aromatic heterocycles. The summed E-state index contributed by atoms with van der Waals surface area (Å²) in [4.78, 5) is 42.5. The van der Waals surface area contributed by atoms with E-state index in [1.54, 1.807) is 36.5 Å². The molecule has 0 saturated carbocycles. The van der Waals surface area contributed by atoms with Crippen molar-refractivity contribution < 1.29 is 19.8 Å². The number of aliphatic hydroxyl groups excluding tert-OH is 1. The Balaban J connectivity index is 1.72. The first-order valence-electron chi connectivity index (χ1n) is 9.80. The van der Waals surface area contributed by atoms with Gasteiger partial charge >= 0.3 is 5.97 Å². The maximum atomic E-state index is 13.2. The van der Waals surface area contributed by atoms with Crippen molar-refractivity contribution in [1.82, 2.24) is 14.3 Å². The molecule has 1 aromatic carbocycles. The summed E-state index contributed by atoms with van der Waals surface area (Å²) in [6.07, 6.45) is 2.05.